The molecule has 0 radical (unpaired) electrons. The Kier molecular flexibility index (Phi) is 6.45. The molecule has 0 aliphatic carbocycles. The summed E-state index contributed by atoms with van der Waals surface area (Å²) in [6.07, 6.45) is 1.87. The summed E-state index contributed by atoms with van der Waals surface area (Å²) in [5.41, 5.74) is 2.80. The molecule has 0 saturated heterocycles. The lowest BCUT2D eigenvalue weighted by atomic mass is 10.0. The Bertz CT molecular complexity index is 1050. The summed E-state index contributed by atoms with van der Waals surface area (Å²) in [7, 11) is -3.78. The van der Waals surface area contributed by atoms with Gasteiger partial charge < -0.3 is 10.2 Å². The molecule has 1 aliphatic heterocycles. The van der Waals surface area contributed by atoms with Crippen LogP contribution in [0.5, 0.6) is 0 Å². The van der Waals surface area contributed by atoms with Crippen molar-refractivity contribution < 1.29 is 18.0 Å². The molecule has 2 aromatic carbocycles. The van der Waals surface area contributed by atoms with Gasteiger partial charge >= 0.3 is 0 Å². The SMILES string of the molecule is CCCN1C(=O)CCc2cc(NS(=O)(=O)c3ccc(NC(=O)C(C)C)cc3)ccc21. The largest absolute Gasteiger partial charge is 0.326 e. The van der Waals surface area contributed by atoms with Crippen LogP contribution in [0.15, 0.2) is 47.4 Å². The van der Waals surface area contributed by atoms with Crippen LogP contribution in [0.2, 0.25) is 0 Å². The normalized spacial score (nSPS) is 13.9. The van der Waals surface area contributed by atoms with Gasteiger partial charge in [-0.1, -0.05) is 20.8 Å². The molecule has 30 heavy (non-hydrogen) atoms. The maximum atomic E-state index is 12.8. The van der Waals surface area contributed by atoms with Gasteiger partial charge in [0.05, 0.1) is 4.90 Å². The van der Waals surface area contributed by atoms with E-state index in [1.165, 1.54) is 12.1 Å². The lowest BCUT2D eigenvalue weighted by Gasteiger charge is -2.29. The van der Waals surface area contributed by atoms with E-state index in [1.807, 2.05) is 6.92 Å². The summed E-state index contributed by atoms with van der Waals surface area (Å²) < 4.78 is 28.1. The summed E-state index contributed by atoms with van der Waals surface area (Å²) in [6.45, 7) is 6.24. The van der Waals surface area contributed by atoms with E-state index in [0.717, 1.165) is 17.7 Å². The number of nitrogens with zero attached hydrogens (tertiary/aromatic N) is 1. The summed E-state index contributed by atoms with van der Waals surface area (Å²) in [6, 6.07) is 11.3. The van der Waals surface area contributed by atoms with Gasteiger partial charge in [-0.05, 0) is 60.9 Å². The van der Waals surface area contributed by atoms with Crippen molar-refractivity contribution in [1.82, 2.24) is 0 Å². The van der Waals surface area contributed by atoms with Crippen LogP contribution >= 0.6 is 0 Å². The summed E-state index contributed by atoms with van der Waals surface area (Å²) in [4.78, 5) is 25.8. The van der Waals surface area contributed by atoms with E-state index in [9.17, 15) is 18.0 Å². The highest BCUT2D eigenvalue weighted by Crippen LogP contribution is 2.31. The van der Waals surface area contributed by atoms with Crippen LogP contribution in [-0.2, 0) is 26.0 Å². The molecule has 1 heterocycles. The first kappa shape index (κ1) is 21.8. The number of benzene rings is 2. The van der Waals surface area contributed by atoms with Gasteiger partial charge in [-0.3, -0.25) is 14.3 Å². The Morgan fingerprint density at radius 1 is 1.07 bits per heavy atom. The number of hydrogen-bond donors (Lipinski definition) is 2. The van der Waals surface area contributed by atoms with Crippen LogP contribution in [0, 0.1) is 5.92 Å². The van der Waals surface area contributed by atoms with Gasteiger partial charge in [0.25, 0.3) is 10.0 Å². The van der Waals surface area contributed by atoms with Gasteiger partial charge in [-0.15, -0.1) is 0 Å². The number of nitrogens with one attached hydrogen (secondary N) is 2. The zero-order chi connectivity index (χ0) is 21.9. The van der Waals surface area contributed by atoms with Crippen molar-refractivity contribution in [3.63, 3.8) is 0 Å². The fraction of sp³-hybridized carbons (Fsp3) is 0.364. The molecule has 0 saturated carbocycles. The van der Waals surface area contributed by atoms with Gasteiger partial charge in [0.15, 0.2) is 0 Å². The molecule has 0 aromatic heterocycles. The lowest BCUT2D eigenvalue weighted by molar-refractivity contribution is -0.119. The van der Waals surface area contributed by atoms with Gasteiger partial charge in [-0.25, -0.2) is 8.42 Å². The van der Waals surface area contributed by atoms with E-state index < -0.39 is 10.0 Å². The van der Waals surface area contributed by atoms with Crippen molar-refractivity contribution in [2.75, 3.05) is 21.5 Å². The van der Waals surface area contributed by atoms with E-state index >= 15 is 0 Å². The van der Waals surface area contributed by atoms with Crippen LogP contribution in [0.25, 0.3) is 0 Å². The van der Waals surface area contributed by atoms with Crippen LogP contribution in [0.3, 0.4) is 0 Å². The number of aryl methyl sites for hydroxylation is 1. The Morgan fingerprint density at radius 3 is 2.37 bits per heavy atom. The molecule has 160 valence electrons. The van der Waals surface area contributed by atoms with Crippen molar-refractivity contribution >= 4 is 38.9 Å². The minimum Gasteiger partial charge on any atom is -0.326 e. The van der Waals surface area contributed by atoms with Crippen molar-refractivity contribution in [1.29, 1.82) is 0 Å². The van der Waals surface area contributed by atoms with E-state index in [1.54, 1.807) is 49.1 Å². The number of hydrogen-bond acceptors (Lipinski definition) is 4. The Balaban J connectivity index is 1.77. The third kappa shape index (κ3) is 4.81. The molecule has 0 spiro atoms. The van der Waals surface area contributed by atoms with Crippen LogP contribution in [0.4, 0.5) is 17.1 Å². The summed E-state index contributed by atoms with van der Waals surface area (Å²) >= 11 is 0. The highest BCUT2D eigenvalue weighted by Gasteiger charge is 2.24. The topological polar surface area (TPSA) is 95.6 Å². The molecule has 2 amide bonds. The van der Waals surface area contributed by atoms with Gasteiger partial charge in [0, 0.05) is 35.9 Å². The number of carbonyl (C=O) groups is 2. The quantitative estimate of drug-likeness (QED) is 0.700. The van der Waals surface area contributed by atoms with Crippen molar-refractivity contribution in [3.8, 4) is 0 Å². The summed E-state index contributed by atoms with van der Waals surface area (Å²) in [5, 5.41) is 2.74. The number of anilines is 3. The smallest absolute Gasteiger partial charge is 0.261 e. The average molecular weight is 430 g/mol. The first-order chi connectivity index (χ1) is 14.2. The molecule has 0 atom stereocenters. The second-order valence-electron chi connectivity index (χ2n) is 7.66. The van der Waals surface area contributed by atoms with Crippen molar-refractivity contribution in [2.45, 2.75) is 44.9 Å². The maximum Gasteiger partial charge on any atom is 0.261 e. The Labute approximate surface area is 177 Å². The number of carbonyl (C=O) groups excluding carboxylic acids is 2. The Morgan fingerprint density at radius 2 is 1.73 bits per heavy atom. The van der Waals surface area contributed by atoms with E-state index in [0.29, 0.717) is 30.8 Å². The zero-order valence-corrected chi connectivity index (χ0v) is 18.3. The third-order valence-electron chi connectivity index (χ3n) is 4.94. The second kappa shape index (κ2) is 8.87. The fourth-order valence-electron chi connectivity index (χ4n) is 3.31. The number of rotatable bonds is 7. The lowest BCUT2D eigenvalue weighted by Crippen LogP contribution is -2.35. The molecule has 2 N–H and O–H groups in total. The second-order valence-corrected chi connectivity index (χ2v) is 9.35. The maximum absolute atomic E-state index is 12.8. The molecule has 0 unspecified atom stereocenters. The average Bonchev–Trinajstić information content (AvgIpc) is 2.70. The monoisotopic (exact) mass is 429 g/mol. The standard InChI is InChI=1S/C22H27N3O4S/c1-4-13-25-20-11-8-18(14-16(20)5-12-21(25)26)24-30(28,29)19-9-6-17(7-10-19)23-22(27)15(2)3/h6-11,14-15,24H,4-5,12-13H2,1-3H3,(H,23,27). The molecular weight excluding hydrogens is 402 g/mol. The molecule has 7 nitrogen and oxygen atoms in total. The van der Waals surface area contributed by atoms with E-state index in [2.05, 4.69) is 10.0 Å². The number of fused-ring (bicyclic) bond motifs is 1. The molecule has 3 rings (SSSR count). The van der Waals surface area contributed by atoms with Crippen molar-refractivity contribution in [3.05, 3.63) is 48.0 Å². The first-order valence-electron chi connectivity index (χ1n) is 10.1. The predicted molar refractivity (Wildman–Crippen MR) is 118 cm³/mol. The summed E-state index contributed by atoms with van der Waals surface area (Å²) in [5.74, 6) is -0.196. The van der Waals surface area contributed by atoms with E-state index in [-0.39, 0.29) is 22.6 Å². The zero-order valence-electron chi connectivity index (χ0n) is 17.4. The highest BCUT2D eigenvalue weighted by atomic mass is 32.2. The molecule has 1 aliphatic rings. The minimum absolute atomic E-state index is 0.0994. The first-order valence-corrected chi connectivity index (χ1v) is 11.6. The number of amides is 2. The van der Waals surface area contributed by atoms with Gasteiger partial charge in [0.2, 0.25) is 11.8 Å². The van der Waals surface area contributed by atoms with Crippen LogP contribution in [-0.4, -0.2) is 26.8 Å². The molecule has 0 bridgehead atoms. The van der Waals surface area contributed by atoms with Crippen LogP contribution in [0.1, 0.15) is 39.2 Å². The predicted octanol–water partition coefficient (Wildman–Crippen LogP) is 3.77. The highest BCUT2D eigenvalue weighted by molar-refractivity contribution is 7.92. The van der Waals surface area contributed by atoms with Gasteiger partial charge in [-0.2, -0.15) is 0 Å². The number of sulfonamides is 1. The molecule has 0 fully saturated rings. The molecular formula is C22H27N3O4S. The minimum atomic E-state index is -3.78. The molecule has 2 aromatic rings. The van der Waals surface area contributed by atoms with E-state index in [4.69, 9.17) is 0 Å². The van der Waals surface area contributed by atoms with Crippen molar-refractivity contribution in [2.24, 2.45) is 5.92 Å². The van der Waals surface area contributed by atoms with Crippen LogP contribution < -0.4 is 14.9 Å². The van der Waals surface area contributed by atoms with Gasteiger partial charge in [0.1, 0.15) is 0 Å². The molecule has 8 heteroatoms. The Hall–Kier alpha value is -2.87. The fourth-order valence-corrected chi connectivity index (χ4v) is 4.36. The third-order valence-corrected chi connectivity index (χ3v) is 6.33.